The fraction of sp³-hybridized carbons (Fsp3) is 0.158. The van der Waals surface area contributed by atoms with Crippen LogP contribution in [0, 0.1) is 13.8 Å². The van der Waals surface area contributed by atoms with E-state index in [1.54, 1.807) is 31.2 Å². The van der Waals surface area contributed by atoms with Crippen molar-refractivity contribution in [1.82, 2.24) is 0 Å². The van der Waals surface area contributed by atoms with E-state index in [4.69, 9.17) is 0 Å². The van der Waals surface area contributed by atoms with Crippen LogP contribution in [0.15, 0.2) is 54.6 Å². The minimum atomic E-state index is -0.291. The molecule has 2 rings (SSSR count). The third-order valence-electron chi connectivity index (χ3n) is 3.43. The zero-order valence-corrected chi connectivity index (χ0v) is 13.1. The predicted octanol–water partition coefficient (Wildman–Crippen LogP) is 4.05. The number of aryl methyl sites for hydroxylation is 2. The zero-order chi connectivity index (χ0) is 16.3. The lowest BCUT2D eigenvalue weighted by Crippen LogP contribution is -2.15. The molecule has 0 aliphatic carbocycles. The highest BCUT2D eigenvalue weighted by atomic mass is 16.2. The van der Waals surface area contributed by atoms with Gasteiger partial charge in [0.05, 0.1) is 5.69 Å². The van der Waals surface area contributed by atoms with E-state index in [2.05, 4.69) is 11.9 Å². The number of carbonyl (C=O) groups is 2. The summed E-state index contributed by atoms with van der Waals surface area (Å²) in [6.07, 6.45) is 0. The van der Waals surface area contributed by atoms with Gasteiger partial charge in [-0.25, -0.2) is 0 Å². The molecule has 0 saturated heterocycles. The quantitative estimate of drug-likeness (QED) is 0.683. The highest BCUT2D eigenvalue weighted by Gasteiger charge is 2.16. The van der Waals surface area contributed by atoms with Crippen molar-refractivity contribution in [1.29, 1.82) is 0 Å². The summed E-state index contributed by atoms with van der Waals surface area (Å²) in [5, 5.41) is 2.73. The van der Waals surface area contributed by atoms with Crippen LogP contribution in [0.25, 0.3) is 0 Å². The van der Waals surface area contributed by atoms with E-state index in [9.17, 15) is 9.59 Å². The third kappa shape index (κ3) is 3.31. The van der Waals surface area contributed by atoms with Crippen molar-refractivity contribution in [3.8, 4) is 0 Å². The van der Waals surface area contributed by atoms with Crippen LogP contribution in [-0.2, 0) is 4.79 Å². The van der Waals surface area contributed by atoms with E-state index >= 15 is 0 Å². The van der Waals surface area contributed by atoms with Gasteiger partial charge in [0.15, 0.2) is 5.78 Å². The molecule has 0 spiro atoms. The van der Waals surface area contributed by atoms with Gasteiger partial charge in [0, 0.05) is 16.7 Å². The molecular weight excluding hydrogens is 274 g/mol. The van der Waals surface area contributed by atoms with Crippen LogP contribution in [0.1, 0.15) is 34.0 Å². The van der Waals surface area contributed by atoms with Crippen molar-refractivity contribution in [3.05, 3.63) is 76.9 Å². The summed E-state index contributed by atoms with van der Waals surface area (Å²) < 4.78 is 0. The van der Waals surface area contributed by atoms with E-state index in [1.165, 1.54) is 0 Å². The van der Waals surface area contributed by atoms with Crippen molar-refractivity contribution in [2.45, 2.75) is 20.8 Å². The maximum Gasteiger partial charge on any atom is 0.250 e. The third-order valence-corrected chi connectivity index (χ3v) is 3.43. The number of benzene rings is 2. The summed E-state index contributed by atoms with van der Waals surface area (Å²) in [7, 11) is 0. The van der Waals surface area contributed by atoms with Gasteiger partial charge in [-0.2, -0.15) is 0 Å². The average molecular weight is 293 g/mol. The number of hydrogen-bond donors (Lipinski definition) is 1. The molecule has 2 aromatic carbocycles. The highest BCUT2D eigenvalue weighted by molar-refractivity contribution is 6.15. The van der Waals surface area contributed by atoms with Gasteiger partial charge in [-0.15, -0.1) is 0 Å². The summed E-state index contributed by atoms with van der Waals surface area (Å²) in [6.45, 7) is 9.14. The van der Waals surface area contributed by atoms with Crippen molar-refractivity contribution >= 4 is 17.4 Å². The standard InChI is InChI=1S/C19H19NO2/c1-12(2)19(22)20-17-8-6-5-7-16(17)18(21)15-10-9-13(3)11-14(15)4/h5-11H,1H2,2-4H3,(H,20,22). The molecule has 3 nitrogen and oxygen atoms in total. The van der Waals surface area contributed by atoms with E-state index in [-0.39, 0.29) is 11.7 Å². The molecule has 0 atom stereocenters. The van der Waals surface area contributed by atoms with Crippen LogP contribution < -0.4 is 5.32 Å². The fourth-order valence-corrected chi connectivity index (χ4v) is 2.23. The first-order valence-corrected chi connectivity index (χ1v) is 7.08. The molecule has 0 fully saturated rings. The number of amides is 1. The number of rotatable bonds is 4. The first kappa shape index (κ1) is 15.7. The topological polar surface area (TPSA) is 46.2 Å². The molecule has 0 radical (unpaired) electrons. The SMILES string of the molecule is C=C(C)C(=O)Nc1ccccc1C(=O)c1ccc(C)cc1C. The van der Waals surface area contributed by atoms with Gasteiger partial charge < -0.3 is 5.32 Å². The molecule has 0 bridgehead atoms. The number of carbonyl (C=O) groups excluding carboxylic acids is 2. The Balaban J connectivity index is 2.42. The molecule has 3 heteroatoms. The predicted molar refractivity (Wildman–Crippen MR) is 89.2 cm³/mol. The van der Waals surface area contributed by atoms with Gasteiger partial charge in [0.2, 0.25) is 0 Å². The summed E-state index contributed by atoms with van der Waals surface area (Å²) in [5.74, 6) is -0.393. The van der Waals surface area contributed by atoms with Crippen molar-refractivity contribution in [3.63, 3.8) is 0 Å². The minimum Gasteiger partial charge on any atom is -0.322 e. The van der Waals surface area contributed by atoms with Gasteiger partial charge in [-0.05, 0) is 38.5 Å². The summed E-state index contributed by atoms with van der Waals surface area (Å²) in [6, 6.07) is 12.7. The average Bonchev–Trinajstić information content (AvgIpc) is 2.47. The van der Waals surface area contributed by atoms with Gasteiger partial charge in [-0.3, -0.25) is 9.59 Å². The van der Waals surface area contributed by atoms with Crippen LogP contribution >= 0.6 is 0 Å². The van der Waals surface area contributed by atoms with Gasteiger partial charge >= 0.3 is 0 Å². The number of para-hydroxylation sites is 1. The van der Waals surface area contributed by atoms with Crippen LogP contribution in [0.5, 0.6) is 0 Å². The molecule has 0 aliphatic heterocycles. The molecule has 0 heterocycles. The van der Waals surface area contributed by atoms with E-state index < -0.39 is 0 Å². The Bertz CT molecular complexity index is 760. The number of nitrogens with one attached hydrogen (secondary N) is 1. The maximum absolute atomic E-state index is 12.8. The lowest BCUT2D eigenvalue weighted by atomic mass is 9.96. The Morgan fingerprint density at radius 1 is 1.00 bits per heavy atom. The molecule has 22 heavy (non-hydrogen) atoms. The van der Waals surface area contributed by atoms with Crippen LogP contribution in [0.2, 0.25) is 0 Å². The Hall–Kier alpha value is -2.68. The molecule has 1 N–H and O–H groups in total. The zero-order valence-electron chi connectivity index (χ0n) is 13.1. The van der Waals surface area contributed by atoms with Crippen molar-refractivity contribution < 1.29 is 9.59 Å². The highest BCUT2D eigenvalue weighted by Crippen LogP contribution is 2.22. The van der Waals surface area contributed by atoms with E-state index in [1.807, 2.05) is 32.0 Å². The monoisotopic (exact) mass is 293 g/mol. The van der Waals surface area contributed by atoms with Crippen molar-refractivity contribution in [2.75, 3.05) is 5.32 Å². The maximum atomic E-state index is 12.8. The molecule has 0 unspecified atom stereocenters. The van der Waals surface area contributed by atoms with Crippen LogP contribution in [0.3, 0.4) is 0 Å². The van der Waals surface area contributed by atoms with Gasteiger partial charge in [0.1, 0.15) is 0 Å². The normalized spacial score (nSPS) is 10.1. The van der Waals surface area contributed by atoms with E-state index in [0.29, 0.717) is 22.4 Å². The second-order valence-corrected chi connectivity index (χ2v) is 5.43. The van der Waals surface area contributed by atoms with Crippen LogP contribution in [0.4, 0.5) is 5.69 Å². The first-order chi connectivity index (χ1) is 10.4. The second-order valence-electron chi connectivity index (χ2n) is 5.43. The molecule has 0 aromatic heterocycles. The molecule has 0 aliphatic rings. The molecular formula is C19H19NO2. The summed E-state index contributed by atoms with van der Waals surface area (Å²) in [4.78, 5) is 24.6. The second kappa shape index (κ2) is 6.39. The summed E-state index contributed by atoms with van der Waals surface area (Å²) >= 11 is 0. The smallest absolute Gasteiger partial charge is 0.250 e. The Labute approximate surface area is 130 Å². The van der Waals surface area contributed by atoms with Gasteiger partial charge in [-0.1, -0.05) is 42.5 Å². The first-order valence-electron chi connectivity index (χ1n) is 7.08. The lowest BCUT2D eigenvalue weighted by Gasteiger charge is -2.12. The van der Waals surface area contributed by atoms with Crippen molar-refractivity contribution in [2.24, 2.45) is 0 Å². The number of ketones is 1. The largest absolute Gasteiger partial charge is 0.322 e. The number of hydrogen-bond acceptors (Lipinski definition) is 2. The minimum absolute atomic E-state index is 0.102. The lowest BCUT2D eigenvalue weighted by molar-refractivity contribution is -0.112. The Kier molecular flexibility index (Phi) is 4.56. The molecule has 1 amide bonds. The van der Waals surface area contributed by atoms with Crippen LogP contribution in [-0.4, -0.2) is 11.7 Å². The summed E-state index contributed by atoms with van der Waals surface area (Å²) in [5.41, 5.74) is 4.05. The Morgan fingerprint density at radius 3 is 2.32 bits per heavy atom. The fourth-order valence-electron chi connectivity index (χ4n) is 2.23. The van der Waals surface area contributed by atoms with Gasteiger partial charge in [0.25, 0.3) is 5.91 Å². The number of anilines is 1. The van der Waals surface area contributed by atoms with E-state index in [0.717, 1.165) is 11.1 Å². The Morgan fingerprint density at radius 2 is 1.68 bits per heavy atom. The molecule has 2 aromatic rings. The molecule has 112 valence electrons. The molecule has 0 saturated carbocycles.